The van der Waals surface area contributed by atoms with Crippen molar-refractivity contribution in [1.82, 2.24) is 4.90 Å². The molecular weight excluding hydrogens is 270 g/mol. The molecule has 0 aromatic carbocycles. The van der Waals surface area contributed by atoms with Crippen molar-refractivity contribution >= 4 is 23.5 Å². The van der Waals surface area contributed by atoms with Crippen LogP contribution < -0.4 is 0 Å². The van der Waals surface area contributed by atoms with Gasteiger partial charge in [-0.15, -0.1) is 0 Å². The SMILES string of the molecule is O=C1CCCCCC(C(=O)N2CCSCC2C2CC2)C1. The molecule has 0 spiro atoms. The Bertz CT molecular complexity index is 381. The van der Waals surface area contributed by atoms with Gasteiger partial charge in [0.15, 0.2) is 0 Å². The summed E-state index contributed by atoms with van der Waals surface area (Å²) in [5.74, 6) is 3.49. The minimum atomic E-state index is -0.0212. The average molecular weight is 295 g/mol. The standard InChI is InChI=1S/C16H25NO2S/c18-14-5-3-1-2-4-13(10-14)16(19)17-8-9-20-11-15(17)12-6-7-12/h12-13,15H,1-11H2. The molecule has 1 saturated heterocycles. The number of nitrogens with zero attached hydrogens (tertiary/aromatic N) is 1. The number of amides is 1. The third-order valence-electron chi connectivity index (χ3n) is 4.95. The molecule has 1 amide bonds. The highest BCUT2D eigenvalue weighted by atomic mass is 32.2. The first-order chi connectivity index (χ1) is 9.75. The molecule has 2 atom stereocenters. The third kappa shape index (κ3) is 3.38. The molecule has 0 N–H and O–H groups in total. The van der Waals surface area contributed by atoms with E-state index in [0.29, 0.717) is 24.7 Å². The summed E-state index contributed by atoms with van der Waals surface area (Å²) < 4.78 is 0. The van der Waals surface area contributed by atoms with Crippen LogP contribution in [-0.2, 0) is 9.59 Å². The molecule has 0 aromatic rings. The molecule has 3 aliphatic rings. The van der Waals surface area contributed by atoms with E-state index >= 15 is 0 Å². The van der Waals surface area contributed by atoms with Crippen molar-refractivity contribution in [3.63, 3.8) is 0 Å². The van der Waals surface area contributed by atoms with Gasteiger partial charge in [0.25, 0.3) is 0 Å². The maximum absolute atomic E-state index is 12.9. The molecule has 4 heteroatoms. The first kappa shape index (κ1) is 14.4. The van der Waals surface area contributed by atoms with Crippen molar-refractivity contribution in [3.05, 3.63) is 0 Å². The lowest BCUT2D eigenvalue weighted by Crippen LogP contribution is -2.50. The van der Waals surface area contributed by atoms with Gasteiger partial charge in [-0.1, -0.05) is 12.8 Å². The van der Waals surface area contributed by atoms with Crippen molar-refractivity contribution in [1.29, 1.82) is 0 Å². The Kier molecular flexibility index (Phi) is 4.69. The molecular formula is C16H25NO2S. The van der Waals surface area contributed by atoms with E-state index in [9.17, 15) is 9.59 Å². The van der Waals surface area contributed by atoms with Gasteiger partial charge in [0.05, 0.1) is 0 Å². The van der Waals surface area contributed by atoms with E-state index in [1.807, 2.05) is 11.8 Å². The van der Waals surface area contributed by atoms with Gasteiger partial charge in [-0.05, 0) is 31.6 Å². The fourth-order valence-corrected chi connectivity index (χ4v) is 4.77. The largest absolute Gasteiger partial charge is 0.338 e. The Hall–Kier alpha value is -0.510. The van der Waals surface area contributed by atoms with E-state index in [4.69, 9.17) is 0 Å². The Morgan fingerprint density at radius 1 is 1.15 bits per heavy atom. The molecule has 0 bridgehead atoms. The third-order valence-corrected chi connectivity index (χ3v) is 5.99. The van der Waals surface area contributed by atoms with Crippen LogP contribution in [0.3, 0.4) is 0 Å². The lowest BCUT2D eigenvalue weighted by molar-refractivity contribution is -0.140. The highest BCUT2D eigenvalue weighted by Crippen LogP contribution is 2.39. The van der Waals surface area contributed by atoms with Crippen molar-refractivity contribution in [3.8, 4) is 0 Å². The van der Waals surface area contributed by atoms with Crippen molar-refractivity contribution in [2.45, 2.75) is 57.4 Å². The number of hydrogen-bond acceptors (Lipinski definition) is 3. The maximum atomic E-state index is 12.9. The molecule has 2 saturated carbocycles. The van der Waals surface area contributed by atoms with Crippen molar-refractivity contribution in [2.24, 2.45) is 11.8 Å². The van der Waals surface area contributed by atoms with Gasteiger partial charge in [-0.2, -0.15) is 11.8 Å². The number of carbonyl (C=O) groups excluding carboxylic acids is 2. The van der Waals surface area contributed by atoms with E-state index in [0.717, 1.165) is 49.7 Å². The van der Waals surface area contributed by atoms with Gasteiger partial charge < -0.3 is 4.90 Å². The molecule has 2 unspecified atom stereocenters. The molecule has 1 aliphatic heterocycles. The molecule has 2 aliphatic carbocycles. The highest BCUT2D eigenvalue weighted by Gasteiger charge is 2.40. The second-order valence-corrected chi connectivity index (χ2v) is 7.70. The topological polar surface area (TPSA) is 37.4 Å². The fourth-order valence-electron chi connectivity index (χ4n) is 3.58. The number of Topliss-reactive ketones (excluding diaryl/α,β-unsaturated/α-hetero) is 1. The zero-order valence-corrected chi connectivity index (χ0v) is 13.0. The lowest BCUT2D eigenvalue weighted by atomic mass is 9.89. The summed E-state index contributed by atoms with van der Waals surface area (Å²) in [5.41, 5.74) is 0. The highest BCUT2D eigenvalue weighted by molar-refractivity contribution is 7.99. The van der Waals surface area contributed by atoms with E-state index < -0.39 is 0 Å². The van der Waals surface area contributed by atoms with Crippen molar-refractivity contribution < 1.29 is 9.59 Å². The maximum Gasteiger partial charge on any atom is 0.226 e. The van der Waals surface area contributed by atoms with Crippen LogP contribution in [0.4, 0.5) is 0 Å². The summed E-state index contributed by atoms with van der Waals surface area (Å²) in [5, 5.41) is 0. The second kappa shape index (κ2) is 6.50. The fraction of sp³-hybridized carbons (Fsp3) is 0.875. The van der Waals surface area contributed by atoms with E-state index in [2.05, 4.69) is 4.90 Å². The zero-order valence-electron chi connectivity index (χ0n) is 12.2. The summed E-state index contributed by atoms with van der Waals surface area (Å²) in [6.07, 6.45) is 7.93. The summed E-state index contributed by atoms with van der Waals surface area (Å²) in [7, 11) is 0. The van der Waals surface area contributed by atoms with Gasteiger partial charge in [0, 0.05) is 42.9 Å². The molecule has 3 rings (SSSR count). The Labute approximate surface area is 125 Å². The predicted molar refractivity (Wildman–Crippen MR) is 81.7 cm³/mol. The van der Waals surface area contributed by atoms with Crippen LogP contribution >= 0.6 is 11.8 Å². The van der Waals surface area contributed by atoms with E-state index in [-0.39, 0.29) is 11.8 Å². The van der Waals surface area contributed by atoms with Crippen LogP contribution in [0.15, 0.2) is 0 Å². The van der Waals surface area contributed by atoms with Gasteiger partial charge in [-0.25, -0.2) is 0 Å². The molecule has 20 heavy (non-hydrogen) atoms. The monoisotopic (exact) mass is 295 g/mol. The van der Waals surface area contributed by atoms with E-state index in [1.54, 1.807) is 0 Å². The van der Waals surface area contributed by atoms with Crippen LogP contribution in [-0.4, -0.2) is 40.7 Å². The number of ketones is 1. The molecule has 1 heterocycles. The van der Waals surface area contributed by atoms with Gasteiger partial charge in [0.1, 0.15) is 5.78 Å². The van der Waals surface area contributed by atoms with E-state index in [1.165, 1.54) is 12.8 Å². The first-order valence-corrected chi connectivity index (χ1v) is 9.31. The second-order valence-electron chi connectivity index (χ2n) is 6.55. The minimum Gasteiger partial charge on any atom is -0.338 e. The number of rotatable bonds is 2. The number of thioether (sulfide) groups is 1. The Morgan fingerprint density at radius 3 is 2.80 bits per heavy atom. The first-order valence-electron chi connectivity index (χ1n) is 8.15. The van der Waals surface area contributed by atoms with Gasteiger partial charge in [0.2, 0.25) is 5.91 Å². The molecule has 112 valence electrons. The van der Waals surface area contributed by atoms with Crippen LogP contribution in [0.5, 0.6) is 0 Å². The van der Waals surface area contributed by atoms with Crippen molar-refractivity contribution in [2.75, 3.05) is 18.1 Å². The number of hydrogen-bond donors (Lipinski definition) is 0. The van der Waals surface area contributed by atoms with Crippen LogP contribution in [0.25, 0.3) is 0 Å². The summed E-state index contributed by atoms with van der Waals surface area (Å²) in [6.45, 7) is 0.898. The molecule has 3 fully saturated rings. The minimum absolute atomic E-state index is 0.0212. The smallest absolute Gasteiger partial charge is 0.226 e. The summed E-state index contributed by atoms with van der Waals surface area (Å²) >= 11 is 1.99. The predicted octanol–water partition coefficient (Wildman–Crippen LogP) is 2.88. The summed E-state index contributed by atoms with van der Waals surface area (Å²) in [6, 6.07) is 0.460. The quantitative estimate of drug-likeness (QED) is 0.786. The van der Waals surface area contributed by atoms with Gasteiger partial charge >= 0.3 is 0 Å². The number of carbonyl (C=O) groups is 2. The molecule has 0 aromatic heterocycles. The molecule has 0 radical (unpaired) electrons. The Balaban J connectivity index is 1.66. The Morgan fingerprint density at radius 2 is 2.00 bits per heavy atom. The summed E-state index contributed by atoms with van der Waals surface area (Å²) in [4.78, 5) is 26.9. The average Bonchev–Trinajstić information content (AvgIpc) is 3.26. The zero-order chi connectivity index (χ0) is 13.9. The van der Waals surface area contributed by atoms with Gasteiger partial charge in [-0.3, -0.25) is 9.59 Å². The van der Waals surface area contributed by atoms with Crippen LogP contribution in [0.1, 0.15) is 51.4 Å². The normalized spacial score (nSPS) is 32.6. The van der Waals surface area contributed by atoms with Crippen LogP contribution in [0.2, 0.25) is 0 Å². The molecule has 3 nitrogen and oxygen atoms in total. The van der Waals surface area contributed by atoms with Crippen LogP contribution in [0, 0.1) is 11.8 Å². The lowest BCUT2D eigenvalue weighted by Gasteiger charge is -2.38.